The molecule has 0 heterocycles. The van der Waals surface area contributed by atoms with Crippen LogP contribution in [0.5, 0.6) is 5.75 Å². The van der Waals surface area contributed by atoms with Crippen molar-refractivity contribution in [2.75, 3.05) is 19.0 Å². The van der Waals surface area contributed by atoms with Gasteiger partial charge in [0, 0.05) is 12.7 Å². The van der Waals surface area contributed by atoms with E-state index in [-0.39, 0.29) is 12.4 Å². The van der Waals surface area contributed by atoms with Crippen molar-refractivity contribution < 1.29 is 13.5 Å². The molecule has 0 aliphatic carbocycles. The number of hydrogen-bond acceptors (Lipinski definition) is 2. The zero-order valence-electron chi connectivity index (χ0n) is 8.59. The van der Waals surface area contributed by atoms with E-state index in [1.807, 2.05) is 14.0 Å². The second-order valence-corrected chi connectivity index (χ2v) is 2.93. The second kappa shape index (κ2) is 6.45. The van der Waals surface area contributed by atoms with E-state index in [1.54, 1.807) is 18.2 Å². The van der Waals surface area contributed by atoms with Crippen LogP contribution in [0.25, 0.3) is 0 Å². The van der Waals surface area contributed by atoms with Gasteiger partial charge in [0.1, 0.15) is 12.4 Å². The molecule has 0 amide bonds. The largest absolute Gasteiger partial charge is 0.488 e. The topological polar surface area (TPSA) is 21.3 Å². The van der Waals surface area contributed by atoms with Gasteiger partial charge in [-0.15, -0.1) is 12.4 Å². The van der Waals surface area contributed by atoms with Crippen LogP contribution in [0.4, 0.5) is 14.5 Å². The van der Waals surface area contributed by atoms with Crippen molar-refractivity contribution in [3.63, 3.8) is 0 Å². The van der Waals surface area contributed by atoms with E-state index in [4.69, 9.17) is 4.74 Å². The molecule has 0 spiro atoms. The molecular formula is C10H14ClF2NO. The van der Waals surface area contributed by atoms with Gasteiger partial charge in [0.25, 0.3) is 6.43 Å². The van der Waals surface area contributed by atoms with Crippen molar-refractivity contribution in [2.45, 2.75) is 13.3 Å². The molecule has 0 bridgehead atoms. The van der Waals surface area contributed by atoms with Gasteiger partial charge >= 0.3 is 0 Å². The van der Waals surface area contributed by atoms with Gasteiger partial charge in [0.05, 0.1) is 0 Å². The molecule has 86 valence electrons. The van der Waals surface area contributed by atoms with Crippen LogP contribution in [0.15, 0.2) is 18.2 Å². The summed E-state index contributed by atoms with van der Waals surface area (Å²) in [5.74, 6) is 0.474. The minimum atomic E-state index is -2.43. The normalized spacial score (nSPS) is 9.67. The van der Waals surface area contributed by atoms with E-state index >= 15 is 0 Å². The standard InChI is InChI=1S/C10H13F2NO.ClH/c1-7-5-8(14-6-10(11)12)3-4-9(7)13-2;/h3-5,10,13H,6H2,1-2H3;1H. The molecule has 1 aromatic carbocycles. The Morgan fingerprint density at radius 1 is 1.40 bits per heavy atom. The first-order valence-electron chi connectivity index (χ1n) is 4.33. The van der Waals surface area contributed by atoms with E-state index in [9.17, 15) is 8.78 Å². The fourth-order valence-corrected chi connectivity index (χ4v) is 1.17. The first kappa shape index (κ1) is 14.0. The molecule has 0 unspecified atom stereocenters. The summed E-state index contributed by atoms with van der Waals surface area (Å²) in [6.07, 6.45) is -2.43. The molecule has 1 N–H and O–H groups in total. The molecule has 0 atom stereocenters. The van der Waals surface area contributed by atoms with Gasteiger partial charge in [-0.2, -0.15) is 0 Å². The molecule has 15 heavy (non-hydrogen) atoms. The highest BCUT2D eigenvalue weighted by atomic mass is 35.5. The average molecular weight is 238 g/mol. The lowest BCUT2D eigenvalue weighted by molar-refractivity contribution is 0.0819. The zero-order chi connectivity index (χ0) is 10.6. The Hall–Kier alpha value is -1.03. The van der Waals surface area contributed by atoms with Crippen molar-refractivity contribution in [2.24, 2.45) is 0 Å². The summed E-state index contributed by atoms with van der Waals surface area (Å²) >= 11 is 0. The van der Waals surface area contributed by atoms with Gasteiger partial charge < -0.3 is 10.1 Å². The maximum atomic E-state index is 11.8. The lowest BCUT2D eigenvalue weighted by Crippen LogP contribution is -2.07. The van der Waals surface area contributed by atoms with Gasteiger partial charge in [-0.05, 0) is 30.7 Å². The van der Waals surface area contributed by atoms with E-state index in [0.29, 0.717) is 5.75 Å². The first-order valence-corrected chi connectivity index (χ1v) is 4.33. The first-order chi connectivity index (χ1) is 6.63. The number of anilines is 1. The lowest BCUT2D eigenvalue weighted by atomic mass is 10.2. The number of ether oxygens (including phenoxy) is 1. The molecule has 0 aromatic heterocycles. The van der Waals surface area contributed by atoms with Crippen molar-refractivity contribution in [1.82, 2.24) is 0 Å². The van der Waals surface area contributed by atoms with Crippen LogP contribution in [0.3, 0.4) is 0 Å². The highest BCUT2D eigenvalue weighted by Crippen LogP contribution is 2.20. The Morgan fingerprint density at radius 3 is 2.53 bits per heavy atom. The fraction of sp³-hybridized carbons (Fsp3) is 0.400. The van der Waals surface area contributed by atoms with E-state index in [1.165, 1.54) is 0 Å². The van der Waals surface area contributed by atoms with Crippen LogP contribution >= 0.6 is 12.4 Å². The molecule has 1 aromatic rings. The summed E-state index contributed by atoms with van der Waals surface area (Å²) in [4.78, 5) is 0. The smallest absolute Gasteiger partial charge is 0.272 e. The van der Waals surface area contributed by atoms with Gasteiger partial charge in [0.2, 0.25) is 0 Å². The number of alkyl halides is 2. The molecule has 1 rings (SSSR count). The van der Waals surface area contributed by atoms with Crippen molar-refractivity contribution in [3.8, 4) is 5.75 Å². The predicted molar refractivity (Wildman–Crippen MR) is 59.5 cm³/mol. The Kier molecular flexibility index (Phi) is 6.01. The lowest BCUT2D eigenvalue weighted by Gasteiger charge is -2.09. The minimum Gasteiger partial charge on any atom is -0.488 e. The number of benzene rings is 1. The van der Waals surface area contributed by atoms with Gasteiger partial charge in [0.15, 0.2) is 0 Å². The molecule has 0 saturated carbocycles. The molecule has 0 aliphatic heterocycles. The van der Waals surface area contributed by atoms with E-state index < -0.39 is 13.0 Å². The highest BCUT2D eigenvalue weighted by Gasteiger charge is 2.04. The van der Waals surface area contributed by atoms with Gasteiger partial charge in [-0.1, -0.05) is 0 Å². The van der Waals surface area contributed by atoms with Crippen LogP contribution in [-0.2, 0) is 0 Å². The Bertz CT molecular complexity index is 307. The molecular weight excluding hydrogens is 224 g/mol. The Labute approximate surface area is 94.0 Å². The fourth-order valence-electron chi connectivity index (χ4n) is 1.17. The summed E-state index contributed by atoms with van der Waals surface area (Å²) in [6, 6.07) is 5.20. The Morgan fingerprint density at radius 2 is 2.07 bits per heavy atom. The van der Waals surface area contributed by atoms with Crippen LogP contribution in [0, 0.1) is 6.92 Å². The summed E-state index contributed by atoms with van der Waals surface area (Å²) in [5, 5.41) is 2.98. The van der Waals surface area contributed by atoms with Gasteiger partial charge in [-0.3, -0.25) is 0 Å². The molecule has 0 saturated heterocycles. The highest BCUT2D eigenvalue weighted by molar-refractivity contribution is 5.85. The van der Waals surface area contributed by atoms with Crippen molar-refractivity contribution in [1.29, 1.82) is 0 Å². The number of aryl methyl sites for hydroxylation is 1. The predicted octanol–water partition coefficient (Wildman–Crippen LogP) is 3.10. The third-order valence-electron chi connectivity index (χ3n) is 1.84. The average Bonchev–Trinajstić information content (AvgIpc) is 2.15. The van der Waals surface area contributed by atoms with E-state index in [2.05, 4.69) is 5.32 Å². The van der Waals surface area contributed by atoms with Crippen LogP contribution in [0.2, 0.25) is 0 Å². The summed E-state index contributed by atoms with van der Waals surface area (Å²) in [5.41, 5.74) is 1.94. The molecule has 5 heteroatoms. The van der Waals surface area contributed by atoms with Crippen LogP contribution < -0.4 is 10.1 Å². The molecule has 2 nitrogen and oxygen atoms in total. The van der Waals surface area contributed by atoms with Gasteiger partial charge in [-0.25, -0.2) is 8.78 Å². The van der Waals surface area contributed by atoms with E-state index in [0.717, 1.165) is 11.3 Å². The number of rotatable bonds is 4. The second-order valence-electron chi connectivity index (χ2n) is 2.93. The number of nitrogens with one attached hydrogen (secondary N) is 1. The summed E-state index contributed by atoms with van der Waals surface area (Å²) in [7, 11) is 1.81. The van der Waals surface area contributed by atoms with Crippen LogP contribution in [-0.4, -0.2) is 20.1 Å². The summed E-state index contributed by atoms with van der Waals surface area (Å²) in [6.45, 7) is 1.33. The molecule has 0 fully saturated rings. The quantitative estimate of drug-likeness (QED) is 0.869. The molecule has 0 radical (unpaired) electrons. The Balaban J connectivity index is 0.00000196. The zero-order valence-corrected chi connectivity index (χ0v) is 9.41. The summed E-state index contributed by atoms with van der Waals surface area (Å²) < 4.78 is 28.5. The monoisotopic (exact) mass is 237 g/mol. The number of halogens is 3. The van der Waals surface area contributed by atoms with Crippen LogP contribution in [0.1, 0.15) is 5.56 Å². The van der Waals surface area contributed by atoms with Crippen molar-refractivity contribution in [3.05, 3.63) is 23.8 Å². The maximum absolute atomic E-state index is 11.8. The third kappa shape index (κ3) is 4.34. The SMILES string of the molecule is CNc1ccc(OCC(F)F)cc1C.Cl. The van der Waals surface area contributed by atoms with Crippen molar-refractivity contribution >= 4 is 18.1 Å². The maximum Gasteiger partial charge on any atom is 0.272 e. The minimum absolute atomic E-state index is 0. The molecule has 0 aliphatic rings. The third-order valence-corrected chi connectivity index (χ3v) is 1.84. The number of hydrogen-bond donors (Lipinski definition) is 1.